The van der Waals surface area contributed by atoms with Crippen LogP contribution in [0.15, 0.2) is 67.1 Å². The minimum atomic E-state index is -3.44. The van der Waals surface area contributed by atoms with Crippen molar-refractivity contribution < 1.29 is 12.8 Å². The van der Waals surface area contributed by atoms with Gasteiger partial charge in [-0.1, -0.05) is 12.1 Å². The molecular formula is C29H27FN10O2S. The van der Waals surface area contributed by atoms with Crippen LogP contribution in [0.4, 0.5) is 16.0 Å². The lowest BCUT2D eigenvalue weighted by Gasteiger charge is -2.37. The zero-order chi connectivity index (χ0) is 29.7. The normalized spacial score (nSPS) is 15.1. The Bertz CT molecular complexity index is 2040. The van der Waals surface area contributed by atoms with Crippen LogP contribution in [-0.2, 0) is 16.6 Å². The van der Waals surface area contributed by atoms with E-state index >= 15 is 0 Å². The SMILES string of the molecule is CS(=O)(=O)NCc1cc(F)cc(C2=CC=CNc3nc(-c4n[nH]c5ccc(-c6cncc(N7CC(N)C7)n6)cc45)[nH]c32)c1. The molecule has 0 radical (unpaired) electrons. The van der Waals surface area contributed by atoms with Crippen molar-refractivity contribution in [3.8, 4) is 22.8 Å². The monoisotopic (exact) mass is 598 g/mol. The standard InChI is InChI=1S/C29H27FN10O2S/c1-43(41,42)34-11-16-7-18(9-19(30)8-16)21-3-2-6-33-28-26(21)36-29(37-28)27-22-10-17(4-5-23(22)38-39-27)24-12-32-13-25(35-24)40-14-20(31)15-40/h2-10,12-13,20,33-34H,11,14-15,31H2,1H3,(H,36,37)(H,38,39). The van der Waals surface area contributed by atoms with Gasteiger partial charge in [-0.05, 0) is 47.5 Å². The topological polar surface area (TPSA) is 171 Å². The lowest BCUT2D eigenvalue weighted by Crippen LogP contribution is -2.56. The van der Waals surface area contributed by atoms with Crippen LogP contribution in [0.3, 0.4) is 0 Å². The lowest BCUT2D eigenvalue weighted by atomic mass is 10.00. The molecule has 2 aliphatic heterocycles. The number of aromatic nitrogens is 6. The molecular weight excluding hydrogens is 571 g/mol. The van der Waals surface area contributed by atoms with Gasteiger partial charge in [-0.2, -0.15) is 5.10 Å². The van der Waals surface area contributed by atoms with Gasteiger partial charge in [0, 0.05) is 48.4 Å². The number of sulfonamides is 1. The van der Waals surface area contributed by atoms with E-state index in [1.165, 1.54) is 12.1 Å². The Morgan fingerprint density at radius 1 is 1.12 bits per heavy atom. The molecule has 2 aromatic carbocycles. The smallest absolute Gasteiger partial charge is 0.209 e. The number of hydrogen-bond donors (Lipinski definition) is 5. The number of rotatable bonds is 7. The van der Waals surface area contributed by atoms with Gasteiger partial charge in [-0.3, -0.25) is 10.1 Å². The average Bonchev–Trinajstić information content (AvgIpc) is 3.52. The highest BCUT2D eigenvalue weighted by Gasteiger charge is 2.25. The van der Waals surface area contributed by atoms with Gasteiger partial charge in [0.1, 0.15) is 17.3 Å². The number of benzene rings is 2. The zero-order valence-corrected chi connectivity index (χ0v) is 23.8. The largest absolute Gasteiger partial charge is 0.352 e. The van der Waals surface area contributed by atoms with Crippen molar-refractivity contribution in [2.24, 2.45) is 5.73 Å². The number of fused-ring (bicyclic) bond motifs is 2. The molecule has 14 heteroatoms. The Morgan fingerprint density at radius 3 is 2.79 bits per heavy atom. The fourth-order valence-corrected chi connectivity index (χ4v) is 5.63. The van der Waals surface area contributed by atoms with Crippen molar-refractivity contribution in [2.45, 2.75) is 12.6 Å². The van der Waals surface area contributed by atoms with E-state index < -0.39 is 15.8 Å². The fourth-order valence-electron chi connectivity index (χ4n) is 5.20. The van der Waals surface area contributed by atoms with Gasteiger partial charge in [0.2, 0.25) is 10.0 Å². The van der Waals surface area contributed by atoms with E-state index in [0.717, 1.165) is 47.3 Å². The third kappa shape index (κ3) is 5.38. The number of nitrogens with one attached hydrogen (secondary N) is 4. The predicted octanol–water partition coefficient (Wildman–Crippen LogP) is 3.12. The van der Waals surface area contributed by atoms with Crippen molar-refractivity contribution in [1.82, 2.24) is 34.9 Å². The van der Waals surface area contributed by atoms with Crippen LogP contribution in [-0.4, -0.2) is 63.9 Å². The molecule has 0 spiro atoms. The van der Waals surface area contributed by atoms with E-state index in [2.05, 4.69) is 35.1 Å². The van der Waals surface area contributed by atoms with Crippen molar-refractivity contribution in [2.75, 3.05) is 29.6 Å². The Balaban J connectivity index is 1.24. The molecule has 12 nitrogen and oxygen atoms in total. The highest BCUT2D eigenvalue weighted by molar-refractivity contribution is 7.88. The highest BCUT2D eigenvalue weighted by atomic mass is 32.2. The van der Waals surface area contributed by atoms with E-state index in [0.29, 0.717) is 39.7 Å². The molecule has 0 atom stereocenters. The molecule has 1 saturated heterocycles. The fraction of sp³-hybridized carbons (Fsp3) is 0.172. The van der Waals surface area contributed by atoms with E-state index in [1.54, 1.807) is 30.7 Å². The van der Waals surface area contributed by atoms with Crippen LogP contribution in [0.2, 0.25) is 0 Å². The van der Waals surface area contributed by atoms with Crippen molar-refractivity contribution in [3.05, 3.63) is 89.8 Å². The summed E-state index contributed by atoms with van der Waals surface area (Å²) >= 11 is 0. The van der Waals surface area contributed by atoms with Gasteiger partial charge in [0.25, 0.3) is 0 Å². The Morgan fingerprint density at radius 2 is 1.98 bits per heavy atom. The number of imidazole rings is 1. The quantitative estimate of drug-likeness (QED) is 0.189. The summed E-state index contributed by atoms with van der Waals surface area (Å²) in [6.45, 7) is 1.47. The lowest BCUT2D eigenvalue weighted by molar-refractivity contribution is 0.514. The minimum Gasteiger partial charge on any atom is -0.352 e. The van der Waals surface area contributed by atoms with Crippen LogP contribution in [0, 0.1) is 5.82 Å². The highest BCUT2D eigenvalue weighted by Crippen LogP contribution is 2.35. The van der Waals surface area contributed by atoms with E-state index in [4.69, 9.17) is 15.7 Å². The second-order valence-corrected chi connectivity index (χ2v) is 12.4. The Labute approximate surface area is 246 Å². The van der Waals surface area contributed by atoms with E-state index in [1.807, 2.05) is 24.3 Å². The van der Waals surface area contributed by atoms with Gasteiger partial charge in [0.15, 0.2) is 11.6 Å². The third-order valence-corrected chi connectivity index (χ3v) is 7.97. The summed E-state index contributed by atoms with van der Waals surface area (Å²) in [6, 6.07) is 10.5. The van der Waals surface area contributed by atoms with Crippen LogP contribution in [0.5, 0.6) is 0 Å². The molecule has 0 aliphatic carbocycles. The van der Waals surface area contributed by atoms with Gasteiger partial charge in [0.05, 0.1) is 35.6 Å². The second-order valence-electron chi connectivity index (χ2n) is 10.6. The van der Waals surface area contributed by atoms with Gasteiger partial charge < -0.3 is 20.9 Å². The van der Waals surface area contributed by atoms with Crippen LogP contribution in [0.25, 0.3) is 39.3 Å². The molecule has 6 N–H and O–H groups in total. The zero-order valence-electron chi connectivity index (χ0n) is 23.0. The molecule has 2 aliphatic rings. The maximum Gasteiger partial charge on any atom is 0.209 e. The minimum absolute atomic E-state index is 0.0352. The molecule has 218 valence electrons. The molecule has 5 aromatic rings. The maximum atomic E-state index is 14.7. The molecule has 5 heterocycles. The van der Waals surface area contributed by atoms with Crippen molar-refractivity contribution in [3.63, 3.8) is 0 Å². The molecule has 3 aromatic heterocycles. The summed E-state index contributed by atoms with van der Waals surface area (Å²) in [6.07, 6.45) is 9.89. The summed E-state index contributed by atoms with van der Waals surface area (Å²) < 4.78 is 40.3. The van der Waals surface area contributed by atoms with E-state index in [-0.39, 0.29) is 12.6 Å². The number of allylic oxidation sites excluding steroid dienone is 2. The average molecular weight is 599 g/mol. The summed E-state index contributed by atoms with van der Waals surface area (Å²) in [5.74, 6) is 1.34. The van der Waals surface area contributed by atoms with Crippen LogP contribution >= 0.6 is 0 Å². The number of halogens is 1. The number of anilines is 2. The van der Waals surface area contributed by atoms with Gasteiger partial charge in [-0.25, -0.2) is 27.5 Å². The number of nitrogens with zero attached hydrogens (tertiary/aromatic N) is 5. The van der Waals surface area contributed by atoms with Gasteiger partial charge in [-0.15, -0.1) is 0 Å². The Hall–Kier alpha value is -4.92. The summed E-state index contributed by atoms with van der Waals surface area (Å²) in [5, 5.41) is 11.6. The molecule has 1 fully saturated rings. The first kappa shape index (κ1) is 26.9. The molecule has 43 heavy (non-hydrogen) atoms. The first-order valence-electron chi connectivity index (χ1n) is 13.5. The predicted molar refractivity (Wildman–Crippen MR) is 163 cm³/mol. The molecule has 0 bridgehead atoms. The van der Waals surface area contributed by atoms with Gasteiger partial charge >= 0.3 is 0 Å². The van der Waals surface area contributed by atoms with Crippen LogP contribution < -0.4 is 20.7 Å². The first-order chi connectivity index (χ1) is 20.7. The van der Waals surface area contributed by atoms with Crippen LogP contribution in [0.1, 0.15) is 16.8 Å². The number of nitrogens with two attached hydrogens (primary N) is 1. The summed E-state index contributed by atoms with van der Waals surface area (Å²) in [4.78, 5) is 19.4. The molecule has 0 unspecified atom stereocenters. The first-order valence-corrected chi connectivity index (χ1v) is 15.4. The number of hydrogen-bond acceptors (Lipinski definition) is 9. The van der Waals surface area contributed by atoms with E-state index in [9.17, 15) is 12.8 Å². The summed E-state index contributed by atoms with van der Waals surface area (Å²) in [5.41, 5.74) is 11.3. The van der Waals surface area contributed by atoms with Crippen molar-refractivity contribution >= 4 is 38.1 Å². The molecule has 0 saturated carbocycles. The third-order valence-electron chi connectivity index (χ3n) is 7.30. The molecule has 0 amide bonds. The summed E-state index contributed by atoms with van der Waals surface area (Å²) in [7, 11) is -3.44. The Kier molecular flexibility index (Phi) is 6.53. The molecule has 7 rings (SSSR count). The second kappa shape index (κ2) is 10.4. The maximum absolute atomic E-state index is 14.7. The number of H-pyrrole nitrogens is 2. The number of aromatic amines is 2. The van der Waals surface area contributed by atoms with Crippen molar-refractivity contribution in [1.29, 1.82) is 0 Å².